The molecule has 0 bridgehead atoms. The predicted octanol–water partition coefficient (Wildman–Crippen LogP) is 3.35. The highest BCUT2D eigenvalue weighted by Gasteiger charge is 2.31. The Kier molecular flexibility index (Phi) is 6.02. The quantitative estimate of drug-likeness (QED) is 0.619. The minimum absolute atomic E-state index is 0.0778. The van der Waals surface area contributed by atoms with Crippen LogP contribution < -0.4 is 11.3 Å². The lowest BCUT2D eigenvalue weighted by Crippen LogP contribution is -2.42. The number of nitrogens with one attached hydrogen (secondary N) is 1. The fourth-order valence-corrected chi connectivity index (χ4v) is 3.40. The first-order chi connectivity index (χ1) is 9.80. The zero-order valence-electron chi connectivity index (χ0n) is 12.8. The number of aryl methyl sites for hydroxylation is 1. The average Bonchev–Trinajstić information content (AvgIpc) is 2.53. The maximum absolute atomic E-state index is 5.83. The molecule has 1 saturated carbocycles. The van der Waals surface area contributed by atoms with E-state index in [1.54, 1.807) is 0 Å². The van der Waals surface area contributed by atoms with E-state index in [4.69, 9.17) is 10.6 Å². The third kappa shape index (κ3) is 3.60. The predicted molar refractivity (Wildman–Crippen MR) is 83.3 cm³/mol. The summed E-state index contributed by atoms with van der Waals surface area (Å²) >= 11 is 0. The van der Waals surface area contributed by atoms with Gasteiger partial charge < -0.3 is 4.74 Å². The minimum Gasteiger partial charge on any atom is -0.379 e. The fraction of sp³-hybridized carbons (Fsp3) is 0.647. The first-order valence-electron chi connectivity index (χ1n) is 7.88. The van der Waals surface area contributed by atoms with Gasteiger partial charge in [0, 0.05) is 7.11 Å². The Balaban J connectivity index is 2.14. The Morgan fingerprint density at radius 1 is 1.20 bits per heavy atom. The summed E-state index contributed by atoms with van der Waals surface area (Å²) in [7, 11) is 1.81. The summed E-state index contributed by atoms with van der Waals surface area (Å²) in [5.41, 5.74) is 5.56. The van der Waals surface area contributed by atoms with Crippen molar-refractivity contribution >= 4 is 0 Å². The summed E-state index contributed by atoms with van der Waals surface area (Å²) in [6.45, 7) is 2.17. The number of rotatable bonds is 6. The molecule has 0 heterocycles. The Morgan fingerprint density at radius 2 is 1.85 bits per heavy atom. The number of methoxy groups -OCH3 is 1. The normalized spacial score (nSPS) is 19.8. The topological polar surface area (TPSA) is 47.3 Å². The van der Waals surface area contributed by atoms with E-state index in [9.17, 15) is 0 Å². The van der Waals surface area contributed by atoms with E-state index in [-0.39, 0.29) is 12.1 Å². The van der Waals surface area contributed by atoms with Crippen molar-refractivity contribution in [1.29, 1.82) is 0 Å². The van der Waals surface area contributed by atoms with Crippen molar-refractivity contribution in [3.05, 3.63) is 35.4 Å². The van der Waals surface area contributed by atoms with E-state index < -0.39 is 0 Å². The molecule has 0 aromatic heterocycles. The molecule has 112 valence electrons. The maximum Gasteiger partial charge on any atom is 0.0806 e. The molecular weight excluding hydrogens is 248 g/mol. The van der Waals surface area contributed by atoms with E-state index in [0.717, 1.165) is 6.42 Å². The van der Waals surface area contributed by atoms with Crippen LogP contribution in [0.25, 0.3) is 0 Å². The smallest absolute Gasteiger partial charge is 0.0806 e. The molecule has 1 aliphatic carbocycles. The van der Waals surface area contributed by atoms with Crippen LogP contribution in [0.15, 0.2) is 24.3 Å². The Bertz CT molecular complexity index is 384. The van der Waals surface area contributed by atoms with Crippen LogP contribution in [0.3, 0.4) is 0 Å². The third-order valence-corrected chi connectivity index (χ3v) is 4.64. The lowest BCUT2D eigenvalue weighted by Gasteiger charge is -2.34. The van der Waals surface area contributed by atoms with Crippen molar-refractivity contribution in [3.63, 3.8) is 0 Å². The minimum atomic E-state index is 0.0778. The maximum atomic E-state index is 5.83. The fourth-order valence-electron chi connectivity index (χ4n) is 3.40. The molecule has 2 rings (SSSR count). The van der Waals surface area contributed by atoms with Crippen molar-refractivity contribution in [2.75, 3.05) is 7.11 Å². The monoisotopic (exact) mass is 276 g/mol. The molecule has 1 fully saturated rings. The molecule has 0 amide bonds. The van der Waals surface area contributed by atoms with Crippen molar-refractivity contribution < 1.29 is 4.74 Å². The number of nitrogens with two attached hydrogens (primary N) is 1. The second-order valence-electron chi connectivity index (χ2n) is 5.84. The Morgan fingerprint density at radius 3 is 2.35 bits per heavy atom. The summed E-state index contributed by atoms with van der Waals surface area (Å²) in [5, 5.41) is 0. The largest absolute Gasteiger partial charge is 0.379 e. The zero-order valence-corrected chi connectivity index (χ0v) is 12.8. The van der Waals surface area contributed by atoms with E-state index in [2.05, 4.69) is 36.6 Å². The molecule has 1 aromatic rings. The second kappa shape index (κ2) is 7.77. The number of ether oxygens (including phenoxy) is 1. The van der Waals surface area contributed by atoms with Gasteiger partial charge in [-0.15, -0.1) is 0 Å². The third-order valence-electron chi connectivity index (χ3n) is 4.64. The molecule has 0 saturated heterocycles. The molecule has 2 unspecified atom stereocenters. The Hall–Kier alpha value is -0.900. The van der Waals surface area contributed by atoms with Gasteiger partial charge in [0.25, 0.3) is 0 Å². The summed E-state index contributed by atoms with van der Waals surface area (Å²) in [5.74, 6) is 6.44. The van der Waals surface area contributed by atoms with E-state index >= 15 is 0 Å². The van der Waals surface area contributed by atoms with Gasteiger partial charge in [-0.05, 0) is 36.3 Å². The van der Waals surface area contributed by atoms with Crippen LogP contribution in [0, 0.1) is 5.92 Å². The lowest BCUT2D eigenvalue weighted by molar-refractivity contribution is 0.00749. The number of benzene rings is 1. The van der Waals surface area contributed by atoms with Gasteiger partial charge in [0.2, 0.25) is 0 Å². The number of hydrazine groups is 1. The van der Waals surface area contributed by atoms with Crippen molar-refractivity contribution in [2.45, 2.75) is 57.6 Å². The number of hydrogen-bond donors (Lipinski definition) is 2. The van der Waals surface area contributed by atoms with E-state index in [0.29, 0.717) is 5.92 Å². The van der Waals surface area contributed by atoms with Crippen LogP contribution >= 0.6 is 0 Å². The molecule has 1 aliphatic rings. The highest BCUT2D eigenvalue weighted by atomic mass is 16.5. The van der Waals surface area contributed by atoms with Gasteiger partial charge in [0.15, 0.2) is 0 Å². The van der Waals surface area contributed by atoms with Gasteiger partial charge in [0.05, 0.1) is 12.1 Å². The summed E-state index contributed by atoms with van der Waals surface area (Å²) in [6, 6.07) is 8.81. The van der Waals surface area contributed by atoms with Gasteiger partial charge in [-0.1, -0.05) is 50.5 Å². The molecule has 20 heavy (non-hydrogen) atoms. The van der Waals surface area contributed by atoms with Crippen LogP contribution in [0.4, 0.5) is 0 Å². The standard InChI is InChI=1S/C17H28N2O/c1-3-13-9-11-14(12-10-13)16(19-18)17(20-2)15-7-5-4-6-8-15/h9-12,15-17,19H,3-8,18H2,1-2H3. The highest BCUT2D eigenvalue weighted by Crippen LogP contribution is 2.33. The summed E-state index contributed by atoms with van der Waals surface area (Å²) in [6.07, 6.45) is 7.73. The second-order valence-corrected chi connectivity index (χ2v) is 5.84. The molecule has 0 spiro atoms. The molecule has 0 aliphatic heterocycles. The van der Waals surface area contributed by atoms with Crippen LogP contribution in [0.1, 0.15) is 56.2 Å². The van der Waals surface area contributed by atoms with Crippen LogP contribution in [0.2, 0.25) is 0 Å². The van der Waals surface area contributed by atoms with Gasteiger partial charge in [0.1, 0.15) is 0 Å². The summed E-state index contributed by atoms with van der Waals surface area (Å²) in [4.78, 5) is 0. The van der Waals surface area contributed by atoms with Gasteiger partial charge in [-0.3, -0.25) is 11.3 Å². The summed E-state index contributed by atoms with van der Waals surface area (Å²) < 4.78 is 5.81. The van der Waals surface area contributed by atoms with Crippen molar-refractivity contribution in [3.8, 4) is 0 Å². The van der Waals surface area contributed by atoms with Crippen molar-refractivity contribution in [2.24, 2.45) is 11.8 Å². The van der Waals surface area contributed by atoms with Crippen LogP contribution in [-0.2, 0) is 11.2 Å². The molecular formula is C17H28N2O. The van der Waals surface area contributed by atoms with Gasteiger partial charge in [-0.25, -0.2) is 0 Å². The highest BCUT2D eigenvalue weighted by molar-refractivity contribution is 5.26. The molecule has 3 heteroatoms. The average molecular weight is 276 g/mol. The number of hydrogen-bond acceptors (Lipinski definition) is 3. The Labute approximate surface area is 122 Å². The molecule has 0 radical (unpaired) electrons. The van der Waals surface area contributed by atoms with E-state index in [1.807, 2.05) is 7.11 Å². The van der Waals surface area contributed by atoms with E-state index in [1.165, 1.54) is 43.2 Å². The van der Waals surface area contributed by atoms with Crippen LogP contribution in [0.5, 0.6) is 0 Å². The van der Waals surface area contributed by atoms with Crippen LogP contribution in [-0.4, -0.2) is 13.2 Å². The van der Waals surface area contributed by atoms with Gasteiger partial charge >= 0.3 is 0 Å². The lowest BCUT2D eigenvalue weighted by atomic mass is 9.81. The SMILES string of the molecule is CCc1ccc(C(NN)C(OC)C2CCCCC2)cc1. The molecule has 3 N–H and O–H groups in total. The first-order valence-corrected chi connectivity index (χ1v) is 7.88. The molecule has 3 nitrogen and oxygen atoms in total. The first kappa shape index (κ1) is 15.5. The van der Waals surface area contributed by atoms with Gasteiger partial charge in [-0.2, -0.15) is 0 Å². The molecule has 2 atom stereocenters. The molecule has 1 aromatic carbocycles. The van der Waals surface area contributed by atoms with Crippen molar-refractivity contribution in [1.82, 2.24) is 5.43 Å². The zero-order chi connectivity index (χ0) is 14.4.